The van der Waals surface area contributed by atoms with E-state index < -0.39 is 11.9 Å². The summed E-state index contributed by atoms with van der Waals surface area (Å²) in [6.45, 7) is 0.130. The van der Waals surface area contributed by atoms with E-state index in [0.717, 1.165) is 0 Å². The second-order valence-electron chi connectivity index (χ2n) is 4.71. The maximum atomic E-state index is 12.0. The number of anilines is 2. The Bertz CT molecular complexity index is 620. The van der Waals surface area contributed by atoms with E-state index in [4.69, 9.17) is 10.4 Å². The first-order chi connectivity index (χ1) is 9.11. The highest BCUT2D eigenvalue weighted by atomic mass is 16.4. The lowest BCUT2D eigenvalue weighted by Gasteiger charge is -2.30. The second-order valence-corrected chi connectivity index (χ2v) is 4.71. The van der Waals surface area contributed by atoms with Crippen molar-refractivity contribution in [2.24, 2.45) is 5.92 Å². The molecule has 0 spiro atoms. The number of carboxylic acid groups (broad SMARTS) is 1. The van der Waals surface area contributed by atoms with Crippen LogP contribution in [0.4, 0.5) is 11.4 Å². The van der Waals surface area contributed by atoms with E-state index in [-0.39, 0.29) is 18.5 Å². The zero-order valence-electron chi connectivity index (χ0n) is 9.96. The maximum absolute atomic E-state index is 12.0. The number of nitriles is 1. The lowest BCUT2D eigenvalue weighted by Crippen LogP contribution is -2.42. The Balaban J connectivity index is 1.97. The highest BCUT2D eigenvalue weighted by Gasteiger charge is 2.50. The Morgan fingerprint density at radius 2 is 2.32 bits per heavy atom. The van der Waals surface area contributed by atoms with Gasteiger partial charge in [0.05, 0.1) is 41.5 Å². The molecule has 0 bridgehead atoms. The summed E-state index contributed by atoms with van der Waals surface area (Å²) < 4.78 is 0. The zero-order chi connectivity index (χ0) is 13.6. The molecule has 1 aliphatic carbocycles. The smallest absolute Gasteiger partial charge is 0.308 e. The molecule has 1 aromatic carbocycles. The Morgan fingerprint density at radius 1 is 1.53 bits per heavy atom. The van der Waals surface area contributed by atoms with E-state index in [2.05, 4.69) is 5.32 Å². The lowest BCUT2D eigenvalue weighted by molar-refractivity contribution is -0.138. The van der Waals surface area contributed by atoms with Crippen LogP contribution in [0.5, 0.6) is 0 Å². The number of carbonyl (C=O) groups is 2. The molecule has 2 aliphatic rings. The maximum Gasteiger partial charge on any atom is 0.308 e. The van der Waals surface area contributed by atoms with Crippen molar-refractivity contribution in [1.29, 1.82) is 5.26 Å². The summed E-state index contributed by atoms with van der Waals surface area (Å²) in [7, 11) is 0. The molecule has 3 rings (SSSR count). The van der Waals surface area contributed by atoms with Gasteiger partial charge in [0.25, 0.3) is 0 Å². The number of nitrogens with one attached hydrogen (secondary N) is 1. The summed E-state index contributed by atoms with van der Waals surface area (Å²) in [5, 5.41) is 20.8. The molecule has 2 N–H and O–H groups in total. The van der Waals surface area contributed by atoms with Gasteiger partial charge in [-0.05, 0) is 24.6 Å². The summed E-state index contributed by atoms with van der Waals surface area (Å²) >= 11 is 0. The molecule has 6 nitrogen and oxygen atoms in total. The van der Waals surface area contributed by atoms with Crippen molar-refractivity contribution in [2.75, 3.05) is 16.8 Å². The van der Waals surface area contributed by atoms with Gasteiger partial charge in [0.15, 0.2) is 0 Å². The lowest BCUT2D eigenvalue weighted by atomic mass is 10.1. The van der Waals surface area contributed by atoms with E-state index in [9.17, 15) is 9.59 Å². The Morgan fingerprint density at radius 3 is 2.95 bits per heavy atom. The molecular formula is C13H11N3O3. The molecule has 6 heteroatoms. The number of nitrogens with zero attached hydrogens (tertiary/aromatic N) is 2. The van der Waals surface area contributed by atoms with Gasteiger partial charge in [-0.15, -0.1) is 0 Å². The molecule has 1 saturated carbocycles. The molecule has 1 heterocycles. The summed E-state index contributed by atoms with van der Waals surface area (Å²) in [5.74, 6) is -1.48. The largest absolute Gasteiger partial charge is 0.481 e. The summed E-state index contributed by atoms with van der Waals surface area (Å²) in [5.41, 5.74) is 1.87. The van der Waals surface area contributed by atoms with Crippen LogP contribution in [0.25, 0.3) is 0 Å². The first kappa shape index (κ1) is 11.5. The number of rotatable bonds is 2. The third kappa shape index (κ3) is 1.80. The molecule has 1 fully saturated rings. The number of amides is 1. The molecule has 1 aliphatic heterocycles. The second kappa shape index (κ2) is 3.99. The molecule has 19 heavy (non-hydrogen) atoms. The third-order valence-electron chi connectivity index (χ3n) is 3.49. The molecule has 1 aromatic rings. The van der Waals surface area contributed by atoms with Crippen molar-refractivity contribution in [3.63, 3.8) is 0 Å². The zero-order valence-corrected chi connectivity index (χ0v) is 9.96. The van der Waals surface area contributed by atoms with Gasteiger partial charge < -0.3 is 15.3 Å². The number of aliphatic carboxylic acids is 1. The molecule has 1 amide bonds. The van der Waals surface area contributed by atoms with Crippen LogP contribution in [0.2, 0.25) is 0 Å². The Labute approximate surface area is 109 Å². The van der Waals surface area contributed by atoms with Gasteiger partial charge in [-0.1, -0.05) is 0 Å². The average molecular weight is 257 g/mol. The predicted molar refractivity (Wildman–Crippen MR) is 66.7 cm³/mol. The van der Waals surface area contributed by atoms with E-state index >= 15 is 0 Å². The van der Waals surface area contributed by atoms with Crippen LogP contribution in [0.1, 0.15) is 12.0 Å². The number of hydrogen-bond acceptors (Lipinski definition) is 4. The van der Waals surface area contributed by atoms with Crippen molar-refractivity contribution in [3.8, 4) is 6.07 Å². The summed E-state index contributed by atoms with van der Waals surface area (Å²) in [4.78, 5) is 24.5. The van der Waals surface area contributed by atoms with Crippen LogP contribution in [0.15, 0.2) is 18.2 Å². The average Bonchev–Trinajstić information content (AvgIpc) is 3.18. The topological polar surface area (TPSA) is 93.4 Å². The quantitative estimate of drug-likeness (QED) is 0.817. The number of carboxylic acids is 1. The molecular weight excluding hydrogens is 246 g/mol. The van der Waals surface area contributed by atoms with Crippen LogP contribution in [0, 0.1) is 17.2 Å². The number of hydrogen-bond donors (Lipinski definition) is 2. The first-order valence-electron chi connectivity index (χ1n) is 5.94. The van der Waals surface area contributed by atoms with Crippen molar-refractivity contribution in [1.82, 2.24) is 0 Å². The number of carbonyl (C=O) groups excluding carboxylic acids is 1. The molecule has 2 unspecified atom stereocenters. The minimum absolute atomic E-state index is 0.130. The van der Waals surface area contributed by atoms with Gasteiger partial charge >= 0.3 is 5.97 Å². The molecule has 0 aromatic heterocycles. The molecule has 0 radical (unpaired) electrons. The predicted octanol–water partition coefficient (Wildman–Crippen LogP) is 0.790. The Hall–Kier alpha value is -2.55. The summed E-state index contributed by atoms with van der Waals surface area (Å²) in [6.07, 6.45) is 0.487. The normalized spacial score (nSPS) is 24.2. The highest BCUT2D eigenvalue weighted by molar-refractivity contribution is 6.04. The van der Waals surface area contributed by atoms with Gasteiger partial charge in [-0.3, -0.25) is 9.59 Å². The van der Waals surface area contributed by atoms with E-state index in [1.807, 2.05) is 6.07 Å². The first-order valence-corrected chi connectivity index (χ1v) is 5.94. The van der Waals surface area contributed by atoms with Crippen molar-refractivity contribution >= 4 is 23.3 Å². The molecule has 0 saturated heterocycles. The monoisotopic (exact) mass is 257 g/mol. The molecule has 96 valence electrons. The van der Waals surface area contributed by atoms with Gasteiger partial charge in [0.1, 0.15) is 0 Å². The van der Waals surface area contributed by atoms with Crippen molar-refractivity contribution in [2.45, 2.75) is 12.5 Å². The van der Waals surface area contributed by atoms with E-state index in [1.54, 1.807) is 23.1 Å². The SMILES string of the molecule is N#Cc1ccc2c(c1)NCC(=O)N2C1CC1C(=O)O. The van der Waals surface area contributed by atoms with Crippen molar-refractivity contribution < 1.29 is 14.7 Å². The van der Waals surface area contributed by atoms with E-state index in [0.29, 0.717) is 23.4 Å². The van der Waals surface area contributed by atoms with Crippen LogP contribution in [-0.4, -0.2) is 29.6 Å². The fraction of sp³-hybridized carbons (Fsp3) is 0.308. The minimum atomic E-state index is -0.869. The number of fused-ring (bicyclic) bond motifs is 1. The van der Waals surface area contributed by atoms with Gasteiger partial charge in [-0.2, -0.15) is 5.26 Å². The minimum Gasteiger partial charge on any atom is -0.481 e. The Kier molecular flexibility index (Phi) is 2.42. The third-order valence-corrected chi connectivity index (χ3v) is 3.49. The van der Waals surface area contributed by atoms with Gasteiger partial charge in [0.2, 0.25) is 5.91 Å². The fourth-order valence-corrected chi connectivity index (χ4v) is 2.44. The van der Waals surface area contributed by atoms with Crippen LogP contribution in [-0.2, 0) is 9.59 Å². The van der Waals surface area contributed by atoms with Gasteiger partial charge in [-0.25, -0.2) is 0 Å². The van der Waals surface area contributed by atoms with Crippen LogP contribution >= 0.6 is 0 Å². The highest BCUT2D eigenvalue weighted by Crippen LogP contribution is 2.42. The standard InChI is InChI=1S/C13H11N3O3/c14-5-7-1-2-10-9(3-7)15-6-12(17)16(10)11-4-8(11)13(18)19/h1-3,8,11,15H,4,6H2,(H,18,19). The van der Waals surface area contributed by atoms with Crippen molar-refractivity contribution in [3.05, 3.63) is 23.8 Å². The van der Waals surface area contributed by atoms with Gasteiger partial charge in [0, 0.05) is 0 Å². The number of benzene rings is 1. The molecule has 2 atom stereocenters. The van der Waals surface area contributed by atoms with Crippen LogP contribution < -0.4 is 10.2 Å². The van der Waals surface area contributed by atoms with E-state index in [1.165, 1.54) is 0 Å². The van der Waals surface area contributed by atoms with Crippen LogP contribution in [0.3, 0.4) is 0 Å². The fourth-order valence-electron chi connectivity index (χ4n) is 2.44. The summed E-state index contributed by atoms with van der Waals surface area (Å²) in [6, 6.07) is 6.76.